The molecule has 0 bridgehead atoms. The molecule has 1 heterocycles. The molecule has 4 nitrogen and oxygen atoms in total. The van der Waals surface area contributed by atoms with Crippen molar-refractivity contribution < 1.29 is 14.7 Å². The summed E-state index contributed by atoms with van der Waals surface area (Å²) in [5.41, 5.74) is -0.207. The summed E-state index contributed by atoms with van der Waals surface area (Å²) in [7, 11) is 0. The highest BCUT2D eigenvalue weighted by molar-refractivity contribution is 5.84. The molecule has 1 saturated heterocycles. The summed E-state index contributed by atoms with van der Waals surface area (Å²) >= 11 is 0. The van der Waals surface area contributed by atoms with E-state index in [1.807, 2.05) is 11.8 Å². The van der Waals surface area contributed by atoms with E-state index in [0.29, 0.717) is 19.0 Å². The molecule has 0 radical (unpaired) electrons. The van der Waals surface area contributed by atoms with Gasteiger partial charge in [-0.15, -0.1) is 0 Å². The van der Waals surface area contributed by atoms with Crippen LogP contribution in [0.4, 0.5) is 0 Å². The predicted molar refractivity (Wildman–Crippen MR) is 77.2 cm³/mol. The lowest BCUT2D eigenvalue weighted by Gasteiger charge is -2.33. The number of carboxylic acid groups (broad SMARTS) is 1. The molecule has 1 saturated carbocycles. The van der Waals surface area contributed by atoms with E-state index in [-0.39, 0.29) is 17.2 Å². The largest absolute Gasteiger partial charge is 0.481 e. The Morgan fingerprint density at radius 1 is 1.25 bits per heavy atom. The molecule has 4 heteroatoms. The van der Waals surface area contributed by atoms with Gasteiger partial charge in [-0.25, -0.2) is 0 Å². The average Bonchev–Trinajstić information content (AvgIpc) is 2.95. The summed E-state index contributed by atoms with van der Waals surface area (Å²) in [6.07, 6.45) is 5.15. The molecule has 2 fully saturated rings. The molecule has 114 valence electrons. The fourth-order valence-electron chi connectivity index (χ4n) is 4.13. The van der Waals surface area contributed by atoms with Gasteiger partial charge >= 0.3 is 5.97 Å². The highest BCUT2D eigenvalue weighted by Gasteiger charge is 2.47. The minimum atomic E-state index is -0.767. The number of aliphatic carboxylic acids is 1. The van der Waals surface area contributed by atoms with E-state index < -0.39 is 11.9 Å². The van der Waals surface area contributed by atoms with Gasteiger partial charge in [-0.2, -0.15) is 0 Å². The van der Waals surface area contributed by atoms with Crippen molar-refractivity contribution in [1.82, 2.24) is 4.90 Å². The summed E-state index contributed by atoms with van der Waals surface area (Å²) in [5, 5.41) is 9.22. The topological polar surface area (TPSA) is 57.6 Å². The number of hydrogen-bond acceptors (Lipinski definition) is 2. The zero-order chi connectivity index (χ0) is 14.9. The summed E-state index contributed by atoms with van der Waals surface area (Å²) in [6.45, 7) is 7.28. The predicted octanol–water partition coefficient (Wildman–Crippen LogP) is 2.77. The van der Waals surface area contributed by atoms with Crippen molar-refractivity contribution in [3.05, 3.63) is 0 Å². The van der Waals surface area contributed by atoms with Crippen LogP contribution in [0.1, 0.15) is 52.9 Å². The van der Waals surface area contributed by atoms with Crippen LogP contribution in [0.5, 0.6) is 0 Å². The van der Waals surface area contributed by atoms with Crippen molar-refractivity contribution in [3.8, 4) is 0 Å². The molecule has 1 aliphatic heterocycles. The molecule has 1 aliphatic carbocycles. The third-order valence-electron chi connectivity index (χ3n) is 5.03. The van der Waals surface area contributed by atoms with Crippen LogP contribution >= 0.6 is 0 Å². The molecule has 2 atom stereocenters. The van der Waals surface area contributed by atoms with Crippen LogP contribution in [0, 0.1) is 23.2 Å². The SMILES string of the molecule is CC(C)CC1(C(=O)N2C[C@@H](C)[C@H](C(=O)O)C2)CCCC1. The highest BCUT2D eigenvalue weighted by atomic mass is 16.4. The second-order valence-corrected chi connectivity index (χ2v) is 7.22. The normalized spacial score (nSPS) is 29.1. The minimum absolute atomic E-state index is 0.0638. The van der Waals surface area contributed by atoms with Crippen molar-refractivity contribution >= 4 is 11.9 Å². The van der Waals surface area contributed by atoms with E-state index in [1.54, 1.807) is 0 Å². The van der Waals surface area contributed by atoms with E-state index in [0.717, 1.165) is 32.1 Å². The van der Waals surface area contributed by atoms with Gasteiger partial charge in [0, 0.05) is 18.5 Å². The Kier molecular flexibility index (Phi) is 4.40. The molecule has 1 N–H and O–H groups in total. The maximum atomic E-state index is 13.0. The molecule has 0 aromatic carbocycles. The van der Waals surface area contributed by atoms with E-state index in [4.69, 9.17) is 0 Å². The quantitative estimate of drug-likeness (QED) is 0.862. The summed E-state index contributed by atoms with van der Waals surface area (Å²) in [5.74, 6) is -0.366. The van der Waals surface area contributed by atoms with Gasteiger partial charge in [0.25, 0.3) is 0 Å². The third kappa shape index (κ3) is 2.84. The van der Waals surface area contributed by atoms with Gasteiger partial charge < -0.3 is 10.0 Å². The number of hydrogen-bond donors (Lipinski definition) is 1. The van der Waals surface area contributed by atoms with Crippen LogP contribution in [0.25, 0.3) is 0 Å². The molecule has 2 rings (SSSR count). The lowest BCUT2D eigenvalue weighted by Crippen LogP contribution is -2.42. The molecule has 20 heavy (non-hydrogen) atoms. The van der Waals surface area contributed by atoms with E-state index >= 15 is 0 Å². The lowest BCUT2D eigenvalue weighted by molar-refractivity contribution is -0.144. The summed E-state index contributed by atoms with van der Waals surface area (Å²) < 4.78 is 0. The van der Waals surface area contributed by atoms with Crippen molar-refractivity contribution in [2.24, 2.45) is 23.2 Å². The van der Waals surface area contributed by atoms with Gasteiger partial charge in [0.2, 0.25) is 5.91 Å². The Morgan fingerprint density at radius 3 is 2.30 bits per heavy atom. The molecule has 0 unspecified atom stereocenters. The van der Waals surface area contributed by atoms with Crippen molar-refractivity contribution in [1.29, 1.82) is 0 Å². The Hall–Kier alpha value is -1.06. The minimum Gasteiger partial charge on any atom is -0.481 e. The number of carbonyl (C=O) groups is 2. The van der Waals surface area contributed by atoms with Gasteiger partial charge in [-0.1, -0.05) is 33.6 Å². The number of nitrogens with zero attached hydrogens (tertiary/aromatic N) is 1. The van der Waals surface area contributed by atoms with Crippen LogP contribution in [-0.4, -0.2) is 35.0 Å². The number of amides is 1. The van der Waals surface area contributed by atoms with Gasteiger partial charge in [-0.05, 0) is 31.1 Å². The number of likely N-dealkylation sites (tertiary alicyclic amines) is 1. The maximum Gasteiger partial charge on any atom is 0.308 e. The molecular weight excluding hydrogens is 254 g/mol. The van der Waals surface area contributed by atoms with E-state index in [9.17, 15) is 14.7 Å². The molecular formula is C16H27NO3. The van der Waals surface area contributed by atoms with Gasteiger partial charge in [0.15, 0.2) is 0 Å². The maximum absolute atomic E-state index is 13.0. The molecule has 2 aliphatic rings. The van der Waals surface area contributed by atoms with Crippen molar-refractivity contribution in [3.63, 3.8) is 0 Å². The Labute approximate surface area is 121 Å². The fourth-order valence-corrected chi connectivity index (χ4v) is 4.13. The zero-order valence-electron chi connectivity index (χ0n) is 12.9. The van der Waals surface area contributed by atoms with Crippen molar-refractivity contribution in [2.45, 2.75) is 52.9 Å². The Morgan fingerprint density at radius 2 is 1.85 bits per heavy atom. The zero-order valence-corrected chi connectivity index (χ0v) is 12.9. The first-order chi connectivity index (χ1) is 9.35. The number of carboxylic acids is 1. The lowest BCUT2D eigenvalue weighted by atomic mass is 9.77. The summed E-state index contributed by atoms with van der Waals surface area (Å²) in [4.78, 5) is 26.0. The monoisotopic (exact) mass is 281 g/mol. The second kappa shape index (κ2) is 5.74. The molecule has 0 aromatic rings. The Balaban J connectivity index is 2.11. The van der Waals surface area contributed by atoms with E-state index in [2.05, 4.69) is 13.8 Å². The smallest absolute Gasteiger partial charge is 0.308 e. The van der Waals surface area contributed by atoms with Crippen LogP contribution in [-0.2, 0) is 9.59 Å². The highest BCUT2D eigenvalue weighted by Crippen LogP contribution is 2.45. The Bertz CT molecular complexity index is 385. The standard InChI is InChI=1S/C16H27NO3/c1-11(2)8-16(6-4-5-7-16)15(20)17-9-12(3)13(10-17)14(18)19/h11-13H,4-10H2,1-3H3,(H,18,19)/t12-,13-/m1/s1. The van der Waals surface area contributed by atoms with Gasteiger partial charge in [0.05, 0.1) is 5.92 Å². The first kappa shape index (κ1) is 15.3. The third-order valence-corrected chi connectivity index (χ3v) is 5.03. The van der Waals surface area contributed by atoms with Crippen molar-refractivity contribution in [2.75, 3.05) is 13.1 Å². The molecule has 0 spiro atoms. The van der Waals surface area contributed by atoms with Crippen LogP contribution in [0.3, 0.4) is 0 Å². The first-order valence-corrected chi connectivity index (χ1v) is 7.88. The second-order valence-electron chi connectivity index (χ2n) is 7.22. The van der Waals surface area contributed by atoms with Crippen LogP contribution < -0.4 is 0 Å². The van der Waals surface area contributed by atoms with E-state index in [1.165, 1.54) is 0 Å². The molecule has 1 amide bonds. The number of carbonyl (C=O) groups excluding carboxylic acids is 1. The molecule has 0 aromatic heterocycles. The summed E-state index contributed by atoms with van der Waals surface area (Å²) in [6, 6.07) is 0. The van der Waals surface area contributed by atoms with Gasteiger partial charge in [-0.3, -0.25) is 9.59 Å². The average molecular weight is 281 g/mol. The van der Waals surface area contributed by atoms with Gasteiger partial charge in [0.1, 0.15) is 0 Å². The number of rotatable bonds is 4. The van der Waals surface area contributed by atoms with Crippen LogP contribution in [0.15, 0.2) is 0 Å². The first-order valence-electron chi connectivity index (χ1n) is 7.88. The fraction of sp³-hybridized carbons (Fsp3) is 0.875. The van der Waals surface area contributed by atoms with Crippen LogP contribution in [0.2, 0.25) is 0 Å².